The van der Waals surface area contributed by atoms with Crippen LogP contribution in [-0.2, 0) is 29.1 Å². The van der Waals surface area contributed by atoms with Crippen LogP contribution in [0.25, 0.3) is 43.8 Å². The zero-order valence-electron chi connectivity index (χ0n) is 28.5. The highest BCUT2D eigenvalue weighted by Gasteiger charge is 2.46. The van der Waals surface area contributed by atoms with E-state index in [-0.39, 0.29) is 10.8 Å². The molecule has 0 radical (unpaired) electrons. The lowest BCUT2D eigenvalue weighted by Crippen LogP contribution is -2.35. The van der Waals surface area contributed by atoms with Crippen LogP contribution in [-0.4, -0.2) is 10.2 Å². The third kappa shape index (κ3) is 4.52. The average molecular weight is 617 g/mol. The monoisotopic (exact) mass is 616 g/mol. The minimum atomic E-state index is -0.532. The van der Waals surface area contributed by atoms with Crippen molar-refractivity contribution in [1.82, 2.24) is 0 Å². The van der Waals surface area contributed by atoms with Gasteiger partial charge in [0.1, 0.15) is 11.5 Å². The molecular weight excluding hydrogens is 572 g/mol. The molecule has 47 heavy (non-hydrogen) atoms. The van der Waals surface area contributed by atoms with Crippen molar-refractivity contribution in [1.29, 1.82) is 0 Å². The zero-order chi connectivity index (χ0) is 32.9. The summed E-state index contributed by atoms with van der Waals surface area (Å²) in [5.41, 5.74) is 10.4. The van der Waals surface area contributed by atoms with Gasteiger partial charge in [-0.2, -0.15) is 0 Å². The first-order valence-corrected chi connectivity index (χ1v) is 17.1. The fourth-order valence-corrected chi connectivity index (χ4v) is 8.58. The molecule has 0 unspecified atom stereocenters. The van der Waals surface area contributed by atoms with Gasteiger partial charge in [-0.1, -0.05) is 126 Å². The maximum absolute atomic E-state index is 12.6. The van der Waals surface area contributed by atoms with Gasteiger partial charge < -0.3 is 10.2 Å². The second-order valence-corrected chi connectivity index (χ2v) is 16.1. The van der Waals surface area contributed by atoms with Crippen molar-refractivity contribution < 1.29 is 10.2 Å². The van der Waals surface area contributed by atoms with Crippen molar-refractivity contribution in [3.05, 3.63) is 130 Å². The van der Waals surface area contributed by atoms with Crippen LogP contribution in [0.1, 0.15) is 87.8 Å². The van der Waals surface area contributed by atoms with Crippen LogP contribution < -0.4 is 0 Å². The summed E-state index contributed by atoms with van der Waals surface area (Å²) in [5, 5.41) is 29.7. The molecule has 2 heteroatoms. The Morgan fingerprint density at radius 2 is 0.894 bits per heavy atom. The van der Waals surface area contributed by atoms with Gasteiger partial charge in [0.05, 0.1) is 0 Å². The number of benzene rings is 6. The zero-order valence-corrected chi connectivity index (χ0v) is 28.5. The highest BCUT2D eigenvalue weighted by molar-refractivity contribution is 6.03. The van der Waals surface area contributed by atoms with Crippen molar-refractivity contribution in [3.63, 3.8) is 0 Å². The molecule has 2 aliphatic carbocycles. The topological polar surface area (TPSA) is 40.5 Å². The van der Waals surface area contributed by atoms with Crippen LogP contribution in [0.15, 0.2) is 97.1 Å². The van der Waals surface area contributed by atoms with E-state index in [1.807, 2.05) is 0 Å². The number of aromatic hydroxyl groups is 2. The summed E-state index contributed by atoms with van der Waals surface area (Å²) in [6, 6.07) is 34.8. The smallest absolute Gasteiger partial charge is 0.128 e. The minimum absolute atomic E-state index is 0.0470. The van der Waals surface area contributed by atoms with Gasteiger partial charge in [-0.15, -0.1) is 0 Å². The molecule has 6 aromatic carbocycles. The highest BCUT2D eigenvalue weighted by atomic mass is 16.3. The van der Waals surface area contributed by atoms with E-state index in [1.54, 1.807) is 0 Å². The van der Waals surface area contributed by atoms with Gasteiger partial charge in [0.15, 0.2) is 0 Å². The Morgan fingerprint density at radius 1 is 0.511 bits per heavy atom. The van der Waals surface area contributed by atoms with Crippen LogP contribution in [0.2, 0.25) is 0 Å². The predicted molar refractivity (Wildman–Crippen MR) is 197 cm³/mol. The number of hydrogen-bond donors (Lipinski definition) is 2. The first-order chi connectivity index (χ1) is 22.4. The molecule has 0 aliphatic heterocycles. The molecule has 0 heterocycles. The molecule has 8 rings (SSSR count). The lowest BCUT2D eigenvalue weighted by atomic mass is 9.58. The van der Waals surface area contributed by atoms with E-state index >= 15 is 0 Å². The Bertz CT molecular complexity index is 2040. The van der Waals surface area contributed by atoms with Crippen molar-refractivity contribution in [2.45, 2.75) is 83.5 Å². The third-order valence-electron chi connectivity index (χ3n) is 11.2. The largest absolute Gasteiger partial charge is 0.507 e. The predicted octanol–water partition coefficient (Wildman–Crippen LogP) is 11.5. The number of hydrogen-bond acceptors (Lipinski definition) is 2. The van der Waals surface area contributed by atoms with Crippen LogP contribution in [0.5, 0.6) is 11.5 Å². The van der Waals surface area contributed by atoms with Gasteiger partial charge in [0, 0.05) is 27.7 Å². The average Bonchev–Trinajstić information content (AvgIpc) is 3.05. The number of phenols is 2. The van der Waals surface area contributed by atoms with Crippen molar-refractivity contribution >= 4 is 21.5 Å². The van der Waals surface area contributed by atoms with E-state index in [4.69, 9.17) is 0 Å². The molecule has 6 aromatic rings. The molecule has 0 bridgehead atoms. The number of rotatable bonds is 2. The second kappa shape index (κ2) is 10.2. The normalized spacial score (nSPS) is 15.4. The summed E-state index contributed by atoms with van der Waals surface area (Å²) in [6.45, 7) is 13.4. The third-order valence-corrected chi connectivity index (χ3v) is 11.2. The fraction of sp³-hybridized carbons (Fsp3) is 0.289. The Balaban J connectivity index is 1.42. The summed E-state index contributed by atoms with van der Waals surface area (Å²) in [6.07, 6.45) is 3.47. The first kappa shape index (κ1) is 29.8. The Labute approximate surface area is 278 Å². The molecule has 1 spiro atoms. The van der Waals surface area contributed by atoms with Crippen LogP contribution in [0.4, 0.5) is 0 Å². The molecule has 0 saturated heterocycles. The van der Waals surface area contributed by atoms with E-state index in [0.717, 1.165) is 80.6 Å². The minimum Gasteiger partial charge on any atom is -0.507 e. The Hall–Kier alpha value is -4.56. The summed E-state index contributed by atoms with van der Waals surface area (Å²) in [7, 11) is 0. The van der Waals surface area contributed by atoms with Crippen molar-refractivity contribution in [3.8, 4) is 33.8 Å². The number of aryl methyl sites for hydroxylation is 2. The van der Waals surface area contributed by atoms with Crippen molar-refractivity contribution in [2.75, 3.05) is 0 Å². The molecule has 2 nitrogen and oxygen atoms in total. The van der Waals surface area contributed by atoms with Crippen LogP contribution in [0, 0.1) is 0 Å². The van der Waals surface area contributed by atoms with E-state index in [9.17, 15) is 10.2 Å². The van der Waals surface area contributed by atoms with Gasteiger partial charge in [-0.3, -0.25) is 0 Å². The quantitative estimate of drug-likeness (QED) is 0.203. The maximum Gasteiger partial charge on any atom is 0.128 e. The standard InChI is InChI=1S/C45H44O2/c1-43(2,3)33-17-13-27(14-18-33)35-25-31-11-7-9-29-21-23-45(39(37(29)31)41(35)46)24-22-30-10-8-12-32-26-36(42(47)40(45)38(30)32)28-15-19-34(20-16-28)44(4,5)6/h7-20,25-26,46-47H,21-24H2,1-6H3. The van der Waals surface area contributed by atoms with Crippen LogP contribution >= 0.6 is 0 Å². The first-order valence-electron chi connectivity index (χ1n) is 17.1. The molecule has 2 N–H and O–H groups in total. The SMILES string of the molecule is CC(C)(C)c1ccc(-c2cc3cccc4c3c(c2O)C2(CC4)CCc3cccc4cc(-c5ccc(C(C)(C)C)cc5)c(O)c2c34)cc1. The van der Waals surface area contributed by atoms with Crippen molar-refractivity contribution in [2.24, 2.45) is 0 Å². The summed E-state index contributed by atoms with van der Waals surface area (Å²) >= 11 is 0. The maximum atomic E-state index is 12.6. The molecule has 0 atom stereocenters. The molecule has 2 aliphatic rings. The number of fused-ring (bicyclic) bond motifs is 2. The van der Waals surface area contributed by atoms with Gasteiger partial charge in [0.25, 0.3) is 0 Å². The van der Waals surface area contributed by atoms with E-state index in [2.05, 4.69) is 139 Å². The summed E-state index contributed by atoms with van der Waals surface area (Å²) in [4.78, 5) is 0. The van der Waals surface area contributed by atoms with E-state index in [1.165, 1.54) is 22.3 Å². The van der Waals surface area contributed by atoms with E-state index in [0.29, 0.717) is 11.5 Å². The molecule has 236 valence electrons. The molecule has 0 fully saturated rings. The molecular formula is C45H44O2. The molecule has 0 amide bonds. The van der Waals surface area contributed by atoms with Gasteiger partial charge in [0.2, 0.25) is 0 Å². The number of phenolic OH excluding ortho intramolecular Hbond substituents is 2. The summed E-state index contributed by atoms with van der Waals surface area (Å²) in [5.74, 6) is 0.694. The van der Waals surface area contributed by atoms with Gasteiger partial charge in [-0.25, -0.2) is 0 Å². The molecule has 0 aromatic heterocycles. The molecule has 0 saturated carbocycles. The highest BCUT2D eigenvalue weighted by Crippen LogP contribution is 2.60. The Kier molecular flexibility index (Phi) is 6.48. The fourth-order valence-electron chi connectivity index (χ4n) is 8.58. The van der Waals surface area contributed by atoms with Gasteiger partial charge in [-0.05, 0) is 104 Å². The lowest BCUT2D eigenvalue weighted by molar-refractivity contribution is 0.376. The van der Waals surface area contributed by atoms with Gasteiger partial charge >= 0.3 is 0 Å². The van der Waals surface area contributed by atoms with Crippen LogP contribution in [0.3, 0.4) is 0 Å². The second-order valence-electron chi connectivity index (χ2n) is 16.1. The van der Waals surface area contributed by atoms with E-state index < -0.39 is 5.41 Å². The lowest BCUT2D eigenvalue weighted by Gasteiger charge is -2.44. The summed E-state index contributed by atoms with van der Waals surface area (Å²) < 4.78 is 0. The Morgan fingerprint density at radius 3 is 1.26 bits per heavy atom.